The molecule has 0 aliphatic heterocycles. The van der Waals surface area contributed by atoms with Crippen LogP contribution in [0.1, 0.15) is 46.1 Å². The van der Waals surface area contributed by atoms with Crippen molar-refractivity contribution in [2.75, 3.05) is 13.7 Å². The third-order valence-electron chi connectivity index (χ3n) is 6.09. The van der Waals surface area contributed by atoms with Gasteiger partial charge in [-0.2, -0.15) is 9.78 Å². The van der Waals surface area contributed by atoms with Crippen LogP contribution in [0.15, 0.2) is 67.4 Å². The Balaban J connectivity index is 1.59. The maximum atomic E-state index is 13.9. The number of rotatable bonds is 8. The Morgan fingerprint density at radius 3 is 2.68 bits per heavy atom. The number of methoxy groups -OCH3 is 1. The number of pyridine rings is 2. The van der Waals surface area contributed by atoms with Crippen LogP contribution in [0.25, 0.3) is 16.9 Å². The van der Waals surface area contributed by atoms with Gasteiger partial charge in [-0.15, -0.1) is 6.58 Å². The Morgan fingerprint density at radius 2 is 2.03 bits per heavy atom. The summed E-state index contributed by atoms with van der Waals surface area (Å²) in [6, 6.07) is 15.4. The zero-order valence-electron chi connectivity index (χ0n) is 19.4. The summed E-state index contributed by atoms with van der Waals surface area (Å²) in [5.41, 5.74) is 4.01. The van der Waals surface area contributed by atoms with Crippen LogP contribution in [0.3, 0.4) is 0 Å². The molecule has 172 valence electrons. The summed E-state index contributed by atoms with van der Waals surface area (Å²) < 4.78 is 7.01. The highest BCUT2D eigenvalue weighted by Crippen LogP contribution is 2.41. The molecule has 1 aromatic carbocycles. The van der Waals surface area contributed by atoms with E-state index >= 15 is 0 Å². The lowest BCUT2D eigenvalue weighted by molar-refractivity contribution is 0.0764. The minimum atomic E-state index is -0.0614. The molecule has 7 nitrogen and oxygen atoms in total. The van der Waals surface area contributed by atoms with Gasteiger partial charge in [0.2, 0.25) is 0 Å². The van der Waals surface area contributed by atoms with Crippen molar-refractivity contribution < 1.29 is 9.53 Å². The van der Waals surface area contributed by atoms with Gasteiger partial charge in [0.05, 0.1) is 23.8 Å². The molecule has 5 rings (SSSR count). The van der Waals surface area contributed by atoms with Crippen LogP contribution in [-0.4, -0.2) is 44.2 Å². The van der Waals surface area contributed by atoms with Crippen molar-refractivity contribution in [2.45, 2.75) is 32.2 Å². The Labute approximate surface area is 198 Å². The number of carbonyl (C=O) groups is 1. The van der Waals surface area contributed by atoms with Crippen LogP contribution in [0.2, 0.25) is 0 Å². The molecular formula is C27H27N5O2. The van der Waals surface area contributed by atoms with E-state index in [4.69, 9.17) is 14.8 Å². The van der Waals surface area contributed by atoms with Crippen LogP contribution in [0, 0.1) is 6.92 Å². The van der Waals surface area contributed by atoms with Gasteiger partial charge in [0.1, 0.15) is 5.75 Å². The number of hydrogen-bond donors (Lipinski definition) is 0. The van der Waals surface area contributed by atoms with E-state index in [0.29, 0.717) is 36.0 Å². The normalized spacial score (nSPS) is 13.1. The first-order chi connectivity index (χ1) is 16.6. The quantitative estimate of drug-likeness (QED) is 0.357. The summed E-state index contributed by atoms with van der Waals surface area (Å²) in [6.07, 6.45) is 5.66. The number of amides is 1. The van der Waals surface area contributed by atoms with E-state index in [1.165, 1.54) is 0 Å². The van der Waals surface area contributed by atoms with Crippen LogP contribution in [0.5, 0.6) is 5.75 Å². The second-order valence-electron chi connectivity index (χ2n) is 8.58. The van der Waals surface area contributed by atoms with Crippen molar-refractivity contribution in [1.82, 2.24) is 24.6 Å². The molecular weight excluding hydrogens is 426 g/mol. The van der Waals surface area contributed by atoms with Crippen molar-refractivity contribution in [1.29, 1.82) is 0 Å². The second kappa shape index (κ2) is 9.09. The van der Waals surface area contributed by atoms with Crippen LogP contribution < -0.4 is 4.74 Å². The number of nitrogens with zero attached hydrogens (tertiary/aromatic N) is 5. The fourth-order valence-corrected chi connectivity index (χ4v) is 4.20. The van der Waals surface area contributed by atoms with Gasteiger partial charge < -0.3 is 9.64 Å². The third-order valence-corrected chi connectivity index (χ3v) is 6.09. The molecule has 0 spiro atoms. The van der Waals surface area contributed by atoms with Crippen molar-refractivity contribution in [3.63, 3.8) is 0 Å². The second-order valence-corrected chi connectivity index (χ2v) is 8.58. The van der Waals surface area contributed by atoms with Crippen molar-refractivity contribution in [2.24, 2.45) is 0 Å². The average Bonchev–Trinajstić information content (AvgIpc) is 3.67. The van der Waals surface area contributed by atoms with Crippen LogP contribution >= 0.6 is 0 Å². The van der Waals surface area contributed by atoms with E-state index in [9.17, 15) is 4.79 Å². The molecule has 0 N–H and O–H groups in total. The van der Waals surface area contributed by atoms with Crippen molar-refractivity contribution >= 4 is 16.9 Å². The van der Waals surface area contributed by atoms with Gasteiger partial charge in [0, 0.05) is 30.9 Å². The zero-order chi connectivity index (χ0) is 23.7. The molecule has 4 aromatic rings. The lowest BCUT2D eigenvalue weighted by atomic mass is 10.1. The summed E-state index contributed by atoms with van der Waals surface area (Å²) in [6.45, 7) is 6.68. The largest absolute Gasteiger partial charge is 0.497 e. The minimum absolute atomic E-state index is 0.0614. The number of fused-ring (bicyclic) bond motifs is 1. The Hall–Kier alpha value is -4.00. The predicted octanol–water partition coefficient (Wildman–Crippen LogP) is 4.84. The molecule has 3 heterocycles. The average molecular weight is 454 g/mol. The van der Waals surface area contributed by atoms with Gasteiger partial charge >= 0.3 is 0 Å². The van der Waals surface area contributed by atoms with Gasteiger partial charge in [0.25, 0.3) is 5.91 Å². The summed E-state index contributed by atoms with van der Waals surface area (Å²) in [5, 5.41) is 5.49. The third kappa shape index (κ3) is 4.17. The molecule has 1 amide bonds. The first-order valence-electron chi connectivity index (χ1n) is 11.4. The highest BCUT2D eigenvalue weighted by atomic mass is 16.5. The summed E-state index contributed by atoms with van der Waals surface area (Å²) >= 11 is 0. The van der Waals surface area contributed by atoms with E-state index in [1.807, 2.05) is 55.5 Å². The molecule has 7 heteroatoms. The highest BCUT2D eigenvalue weighted by Gasteiger charge is 2.30. The molecule has 0 bridgehead atoms. The minimum Gasteiger partial charge on any atom is -0.497 e. The number of aryl methyl sites for hydroxylation is 1. The van der Waals surface area contributed by atoms with Gasteiger partial charge in [-0.1, -0.05) is 24.3 Å². The van der Waals surface area contributed by atoms with Crippen molar-refractivity contribution in [3.8, 4) is 11.6 Å². The van der Waals surface area contributed by atoms with E-state index in [2.05, 4.69) is 11.6 Å². The van der Waals surface area contributed by atoms with Gasteiger partial charge in [0.15, 0.2) is 11.5 Å². The SMILES string of the molecule is C=CCN(Cc1ccc(OC)cc1)C(=O)c1cc(C2CC2)nc2c1c(C)nn2-c1ccccn1. The van der Waals surface area contributed by atoms with Gasteiger partial charge in [-0.25, -0.2) is 9.97 Å². The molecule has 34 heavy (non-hydrogen) atoms. The monoisotopic (exact) mass is 453 g/mol. The predicted molar refractivity (Wildman–Crippen MR) is 131 cm³/mol. The number of ether oxygens (including phenoxy) is 1. The topological polar surface area (TPSA) is 73.1 Å². The lowest BCUT2D eigenvalue weighted by Crippen LogP contribution is -2.31. The Bertz CT molecular complexity index is 1340. The zero-order valence-corrected chi connectivity index (χ0v) is 19.4. The summed E-state index contributed by atoms with van der Waals surface area (Å²) in [4.78, 5) is 25.1. The first kappa shape index (κ1) is 21.8. The lowest BCUT2D eigenvalue weighted by Gasteiger charge is -2.22. The van der Waals surface area contributed by atoms with Crippen LogP contribution in [-0.2, 0) is 6.54 Å². The van der Waals surface area contributed by atoms with Crippen LogP contribution in [0.4, 0.5) is 0 Å². The standard InChI is InChI=1S/C27H27N5O2/c1-4-15-31(17-19-8-12-21(34-3)13-9-19)27(33)22-16-23(20-10-11-20)29-26-25(22)18(2)30-32(26)24-7-5-6-14-28-24/h4-9,12-14,16,20H,1,10-11,15,17H2,2-3H3. The molecule has 0 saturated heterocycles. The maximum Gasteiger partial charge on any atom is 0.255 e. The van der Waals surface area contributed by atoms with Gasteiger partial charge in [-0.3, -0.25) is 4.79 Å². The smallest absolute Gasteiger partial charge is 0.255 e. The molecule has 0 radical (unpaired) electrons. The van der Waals surface area contributed by atoms with E-state index in [1.54, 1.807) is 29.0 Å². The fraction of sp³-hybridized carbons (Fsp3) is 0.259. The number of benzene rings is 1. The summed E-state index contributed by atoms with van der Waals surface area (Å²) in [5.74, 6) is 1.79. The van der Waals surface area contributed by atoms with E-state index < -0.39 is 0 Å². The summed E-state index contributed by atoms with van der Waals surface area (Å²) in [7, 11) is 1.64. The molecule has 1 saturated carbocycles. The van der Waals surface area contributed by atoms with E-state index in [-0.39, 0.29) is 5.91 Å². The molecule has 3 aromatic heterocycles. The first-order valence-corrected chi connectivity index (χ1v) is 11.4. The highest BCUT2D eigenvalue weighted by molar-refractivity contribution is 6.06. The maximum absolute atomic E-state index is 13.9. The molecule has 0 atom stereocenters. The number of aromatic nitrogens is 4. The Morgan fingerprint density at radius 1 is 1.24 bits per heavy atom. The molecule has 1 aliphatic rings. The van der Waals surface area contributed by atoms with E-state index in [0.717, 1.165) is 40.9 Å². The fourth-order valence-electron chi connectivity index (χ4n) is 4.20. The Kier molecular flexibility index (Phi) is 5.84. The molecule has 0 unspecified atom stereocenters. The molecule has 1 aliphatic carbocycles. The van der Waals surface area contributed by atoms with Crippen molar-refractivity contribution in [3.05, 3.63) is 89.9 Å². The number of carbonyl (C=O) groups excluding carboxylic acids is 1. The number of hydrogen-bond acceptors (Lipinski definition) is 5. The van der Waals surface area contributed by atoms with Gasteiger partial charge in [-0.05, 0) is 55.7 Å². The molecule has 1 fully saturated rings.